The Morgan fingerprint density at radius 2 is 2.19 bits per heavy atom. The highest BCUT2D eigenvalue weighted by molar-refractivity contribution is 9.09. The van der Waals surface area contributed by atoms with Crippen LogP contribution in [0.5, 0.6) is 5.75 Å². The number of carbonyl (C=O) groups is 1. The van der Waals surface area contributed by atoms with Gasteiger partial charge in [0, 0.05) is 30.4 Å². The molecule has 1 aromatic carbocycles. The molecule has 0 radical (unpaired) electrons. The van der Waals surface area contributed by atoms with Crippen LogP contribution in [0.1, 0.15) is 28.8 Å². The molecule has 0 bridgehead atoms. The number of hydrogen-bond acceptors (Lipinski definition) is 3. The maximum absolute atomic E-state index is 12.6. The summed E-state index contributed by atoms with van der Waals surface area (Å²) in [7, 11) is 0. The molecule has 4 nitrogen and oxygen atoms in total. The Balaban J connectivity index is 1.59. The van der Waals surface area contributed by atoms with Gasteiger partial charge >= 0.3 is 0 Å². The lowest BCUT2D eigenvalue weighted by molar-refractivity contribution is 0.0160. The first-order valence-corrected chi connectivity index (χ1v) is 8.62. The molecule has 1 aromatic rings. The van der Waals surface area contributed by atoms with E-state index >= 15 is 0 Å². The number of halogens is 1. The van der Waals surface area contributed by atoms with Gasteiger partial charge in [-0.1, -0.05) is 15.9 Å². The first kappa shape index (κ1) is 14.9. The summed E-state index contributed by atoms with van der Waals surface area (Å²) in [6.45, 7) is 3.02. The van der Waals surface area contributed by atoms with Crippen molar-refractivity contribution in [2.75, 3.05) is 31.6 Å². The predicted octanol–water partition coefficient (Wildman–Crippen LogP) is 2.64. The summed E-state index contributed by atoms with van der Waals surface area (Å²) in [5, 5.41) is 0.864. The summed E-state index contributed by atoms with van der Waals surface area (Å²) in [5.74, 6) is 1.05. The number of piperidine rings is 1. The summed E-state index contributed by atoms with van der Waals surface area (Å²) in [5.41, 5.74) is 1.93. The van der Waals surface area contributed by atoms with E-state index in [1.807, 2.05) is 23.1 Å². The molecule has 0 N–H and O–H groups in total. The van der Waals surface area contributed by atoms with E-state index in [1.165, 1.54) is 0 Å². The van der Waals surface area contributed by atoms with Gasteiger partial charge in [-0.2, -0.15) is 0 Å². The van der Waals surface area contributed by atoms with Crippen molar-refractivity contribution in [3.8, 4) is 5.75 Å². The highest BCUT2D eigenvalue weighted by Gasteiger charge is 2.25. The number of hydrogen-bond donors (Lipinski definition) is 0. The topological polar surface area (TPSA) is 38.8 Å². The molecule has 1 saturated heterocycles. The number of amides is 1. The smallest absolute Gasteiger partial charge is 0.253 e. The molecule has 1 amide bonds. The number of carbonyl (C=O) groups excluding carboxylic acids is 1. The van der Waals surface area contributed by atoms with Gasteiger partial charge in [-0.05, 0) is 36.6 Å². The maximum atomic E-state index is 12.6. The van der Waals surface area contributed by atoms with Crippen molar-refractivity contribution >= 4 is 21.8 Å². The van der Waals surface area contributed by atoms with E-state index in [1.54, 1.807) is 0 Å². The second kappa shape index (κ2) is 6.79. The van der Waals surface area contributed by atoms with Crippen LogP contribution >= 0.6 is 15.9 Å². The molecule has 1 fully saturated rings. The number of nitrogens with zero attached hydrogens (tertiary/aromatic N) is 1. The molecular weight excluding hydrogens is 334 g/mol. The molecule has 0 atom stereocenters. The van der Waals surface area contributed by atoms with Crippen LogP contribution in [0.4, 0.5) is 0 Å². The zero-order valence-electron chi connectivity index (χ0n) is 12.0. The molecule has 0 spiro atoms. The summed E-state index contributed by atoms with van der Waals surface area (Å²) >= 11 is 3.37. The Labute approximate surface area is 133 Å². The standard InChI is InChI=1S/C16H20BrNO3/c17-6-10-20-14-3-7-18(8-4-14)16(19)13-1-2-15-12(11-13)5-9-21-15/h1-2,11,14H,3-10H2. The minimum absolute atomic E-state index is 0.128. The Hall–Kier alpha value is -1.07. The molecule has 2 aliphatic heterocycles. The van der Waals surface area contributed by atoms with Crippen molar-refractivity contribution in [3.05, 3.63) is 29.3 Å². The molecule has 5 heteroatoms. The van der Waals surface area contributed by atoms with Crippen LogP contribution in [-0.2, 0) is 11.2 Å². The average molecular weight is 354 g/mol. The Morgan fingerprint density at radius 1 is 1.38 bits per heavy atom. The van der Waals surface area contributed by atoms with Gasteiger partial charge < -0.3 is 14.4 Å². The van der Waals surface area contributed by atoms with E-state index in [0.29, 0.717) is 6.10 Å². The second-order valence-corrected chi connectivity index (χ2v) is 6.27. The van der Waals surface area contributed by atoms with Gasteiger partial charge in [0.25, 0.3) is 5.91 Å². The van der Waals surface area contributed by atoms with Crippen molar-refractivity contribution in [1.82, 2.24) is 4.90 Å². The highest BCUT2D eigenvalue weighted by atomic mass is 79.9. The van der Waals surface area contributed by atoms with Crippen LogP contribution in [0.2, 0.25) is 0 Å². The average Bonchev–Trinajstić information content (AvgIpc) is 3.00. The van der Waals surface area contributed by atoms with Gasteiger partial charge in [0.05, 0.1) is 19.3 Å². The van der Waals surface area contributed by atoms with Crippen molar-refractivity contribution in [2.45, 2.75) is 25.4 Å². The van der Waals surface area contributed by atoms with E-state index in [9.17, 15) is 4.79 Å². The van der Waals surface area contributed by atoms with Gasteiger partial charge in [-0.3, -0.25) is 4.79 Å². The lowest BCUT2D eigenvalue weighted by atomic mass is 10.0. The summed E-state index contributed by atoms with van der Waals surface area (Å²) in [4.78, 5) is 14.5. The molecule has 0 unspecified atom stereocenters. The van der Waals surface area contributed by atoms with E-state index < -0.39 is 0 Å². The van der Waals surface area contributed by atoms with Crippen LogP contribution in [-0.4, -0.2) is 48.5 Å². The minimum atomic E-state index is 0.128. The SMILES string of the molecule is O=C(c1ccc2c(c1)CCO2)N1CCC(OCCBr)CC1. The highest BCUT2D eigenvalue weighted by Crippen LogP contribution is 2.27. The fourth-order valence-corrected chi connectivity index (χ4v) is 3.13. The maximum Gasteiger partial charge on any atom is 0.253 e. The Morgan fingerprint density at radius 3 is 2.95 bits per heavy atom. The zero-order chi connectivity index (χ0) is 14.7. The largest absolute Gasteiger partial charge is 0.493 e. The van der Waals surface area contributed by atoms with Gasteiger partial charge in [-0.15, -0.1) is 0 Å². The number of fused-ring (bicyclic) bond motifs is 1. The van der Waals surface area contributed by atoms with Gasteiger partial charge in [0.15, 0.2) is 0 Å². The van der Waals surface area contributed by atoms with Crippen LogP contribution in [0, 0.1) is 0 Å². The predicted molar refractivity (Wildman–Crippen MR) is 84.3 cm³/mol. The third-order valence-corrected chi connectivity index (χ3v) is 4.42. The van der Waals surface area contributed by atoms with E-state index in [4.69, 9.17) is 9.47 Å². The van der Waals surface area contributed by atoms with E-state index in [2.05, 4.69) is 15.9 Å². The molecule has 0 saturated carbocycles. The quantitative estimate of drug-likeness (QED) is 0.781. The van der Waals surface area contributed by atoms with Crippen molar-refractivity contribution in [3.63, 3.8) is 0 Å². The second-order valence-electron chi connectivity index (χ2n) is 5.47. The van der Waals surface area contributed by atoms with Crippen LogP contribution in [0.15, 0.2) is 18.2 Å². The normalized spacial score (nSPS) is 18.4. The van der Waals surface area contributed by atoms with Crippen LogP contribution in [0.25, 0.3) is 0 Å². The van der Waals surface area contributed by atoms with Gasteiger partial charge in [0.2, 0.25) is 0 Å². The zero-order valence-corrected chi connectivity index (χ0v) is 13.6. The molecule has 0 aliphatic carbocycles. The lowest BCUT2D eigenvalue weighted by Crippen LogP contribution is -2.41. The fourth-order valence-electron chi connectivity index (χ4n) is 2.94. The Bertz CT molecular complexity index is 512. The fraction of sp³-hybridized carbons (Fsp3) is 0.562. The van der Waals surface area contributed by atoms with Crippen molar-refractivity contribution in [2.24, 2.45) is 0 Å². The minimum Gasteiger partial charge on any atom is -0.493 e. The number of rotatable bonds is 4. The molecular formula is C16H20BrNO3. The third kappa shape index (κ3) is 3.40. The molecule has 2 heterocycles. The van der Waals surface area contributed by atoms with E-state index in [0.717, 1.165) is 67.8 Å². The monoisotopic (exact) mass is 353 g/mol. The van der Waals surface area contributed by atoms with Crippen LogP contribution in [0.3, 0.4) is 0 Å². The van der Waals surface area contributed by atoms with Gasteiger partial charge in [-0.25, -0.2) is 0 Å². The van der Waals surface area contributed by atoms with E-state index in [-0.39, 0.29) is 5.91 Å². The summed E-state index contributed by atoms with van der Waals surface area (Å²) in [6.07, 6.45) is 3.04. The van der Waals surface area contributed by atoms with Crippen molar-refractivity contribution < 1.29 is 14.3 Å². The van der Waals surface area contributed by atoms with Crippen LogP contribution < -0.4 is 4.74 Å². The number of likely N-dealkylation sites (tertiary alicyclic amines) is 1. The number of benzene rings is 1. The Kier molecular flexibility index (Phi) is 4.80. The molecule has 0 aromatic heterocycles. The molecule has 21 heavy (non-hydrogen) atoms. The molecule has 114 valence electrons. The third-order valence-electron chi connectivity index (χ3n) is 4.10. The molecule has 2 aliphatic rings. The lowest BCUT2D eigenvalue weighted by Gasteiger charge is -2.32. The summed E-state index contributed by atoms with van der Waals surface area (Å²) in [6, 6.07) is 5.78. The summed E-state index contributed by atoms with van der Waals surface area (Å²) < 4.78 is 11.2. The number of alkyl halides is 1. The van der Waals surface area contributed by atoms with Gasteiger partial charge in [0.1, 0.15) is 5.75 Å². The number of ether oxygens (including phenoxy) is 2. The first-order valence-electron chi connectivity index (χ1n) is 7.50. The first-order chi connectivity index (χ1) is 10.3. The molecule has 3 rings (SSSR count). The van der Waals surface area contributed by atoms with Crippen molar-refractivity contribution in [1.29, 1.82) is 0 Å².